The first-order valence-electron chi connectivity index (χ1n) is 8.83. The molecule has 0 spiro atoms. The Kier molecular flexibility index (Phi) is 5.17. The smallest absolute Gasteiger partial charge is 0.332 e. The number of halogens is 4. The third-order valence-corrected chi connectivity index (χ3v) is 4.76. The third kappa shape index (κ3) is 4.13. The lowest BCUT2D eigenvalue weighted by atomic mass is 10.1. The van der Waals surface area contributed by atoms with Gasteiger partial charge in [0.25, 0.3) is 5.91 Å². The Morgan fingerprint density at radius 2 is 1.83 bits per heavy atom. The molecule has 0 fully saturated rings. The zero-order chi connectivity index (χ0) is 21.3. The maximum Gasteiger partial charge on any atom is 0.416 e. The maximum absolute atomic E-state index is 13.1. The van der Waals surface area contributed by atoms with Crippen LogP contribution < -0.4 is 5.32 Å². The fourth-order valence-electron chi connectivity index (χ4n) is 3.12. The minimum atomic E-state index is -4.47. The fraction of sp³-hybridized carbons (Fsp3) is 0.0952. The van der Waals surface area contributed by atoms with E-state index in [-0.39, 0.29) is 10.8 Å². The highest BCUT2D eigenvalue weighted by atomic mass is 35.5. The predicted octanol–water partition coefficient (Wildman–Crippen LogP) is 5.40. The van der Waals surface area contributed by atoms with Crippen molar-refractivity contribution in [1.82, 2.24) is 14.5 Å². The molecule has 0 aliphatic rings. The van der Waals surface area contributed by atoms with E-state index in [0.29, 0.717) is 23.1 Å². The van der Waals surface area contributed by atoms with Gasteiger partial charge >= 0.3 is 6.18 Å². The van der Waals surface area contributed by atoms with Crippen LogP contribution in [-0.4, -0.2) is 20.4 Å². The number of rotatable bonds is 4. The molecule has 5 nitrogen and oxygen atoms in total. The first kappa shape index (κ1) is 19.9. The van der Waals surface area contributed by atoms with E-state index in [9.17, 15) is 18.0 Å². The molecule has 1 aromatic carbocycles. The second-order valence-corrected chi connectivity index (χ2v) is 6.95. The molecule has 0 aliphatic heterocycles. The summed E-state index contributed by atoms with van der Waals surface area (Å²) in [4.78, 5) is 20.8. The molecule has 9 heteroatoms. The second-order valence-electron chi connectivity index (χ2n) is 6.57. The average molecular weight is 431 g/mol. The van der Waals surface area contributed by atoms with Gasteiger partial charge in [-0.25, -0.2) is 4.98 Å². The highest BCUT2D eigenvalue weighted by molar-refractivity contribution is 6.29. The number of hydrogen-bond acceptors (Lipinski definition) is 3. The van der Waals surface area contributed by atoms with Crippen molar-refractivity contribution in [3.05, 3.63) is 89.1 Å². The summed E-state index contributed by atoms with van der Waals surface area (Å²) in [7, 11) is 0. The van der Waals surface area contributed by atoms with Gasteiger partial charge in [-0.15, -0.1) is 0 Å². The molecule has 0 radical (unpaired) electrons. The van der Waals surface area contributed by atoms with Gasteiger partial charge in [0.1, 0.15) is 10.8 Å². The van der Waals surface area contributed by atoms with E-state index in [1.165, 1.54) is 24.4 Å². The zero-order valence-corrected chi connectivity index (χ0v) is 16.1. The molecule has 1 amide bonds. The number of aromatic nitrogens is 3. The van der Waals surface area contributed by atoms with E-state index in [1.54, 1.807) is 35.2 Å². The summed E-state index contributed by atoms with van der Waals surface area (Å²) in [6.07, 6.45) is 0.153. The van der Waals surface area contributed by atoms with Gasteiger partial charge in [0.05, 0.1) is 17.4 Å². The summed E-state index contributed by atoms with van der Waals surface area (Å²) >= 11 is 5.76. The van der Waals surface area contributed by atoms with Crippen LogP contribution in [0.3, 0.4) is 0 Å². The van der Waals surface area contributed by atoms with Gasteiger partial charge in [0.2, 0.25) is 0 Å². The first-order valence-corrected chi connectivity index (χ1v) is 9.21. The molecule has 0 aliphatic carbocycles. The van der Waals surface area contributed by atoms with E-state index in [1.807, 2.05) is 0 Å². The quantitative estimate of drug-likeness (QED) is 0.441. The molecule has 0 bridgehead atoms. The Morgan fingerprint density at radius 1 is 1.07 bits per heavy atom. The number of anilines is 1. The van der Waals surface area contributed by atoms with Crippen LogP contribution in [0.15, 0.2) is 67.1 Å². The first-order chi connectivity index (χ1) is 14.3. The Bertz CT molecular complexity index is 1200. The molecule has 0 unspecified atom stereocenters. The van der Waals surface area contributed by atoms with Crippen molar-refractivity contribution < 1.29 is 18.0 Å². The number of nitrogens with zero attached hydrogens (tertiary/aromatic N) is 3. The van der Waals surface area contributed by atoms with Crippen molar-refractivity contribution in [3.63, 3.8) is 0 Å². The van der Waals surface area contributed by atoms with Gasteiger partial charge in [-0.2, -0.15) is 13.2 Å². The topological polar surface area (TPSA) is 59.8 Å². The molecule has 4 aromatic rings. The molecule has 1 N–H and O–H groups in total. The molecule has 30 heavy (non-hydrogen) atoms. The van der Waals surface area contributed by atoms with Crippen molar-refractivity contribution >= 4 is 34.1 Å². The fourth-order valence-corrected chi connectivity index (χ4v) is 3.23. The van der Waals surface area contributed by atoms with Crippen LogP contribution in [0.4, 0.5) is 18.9 Å². The highest BCUT2D eigenvalue weighted by Crippen LogP contribution is 2.33. The standard InChI is InChI=1S/C21H14ClF3N4O/c22-19-4-2-16(11-27-19)28-20(30)18-10-14-9-15(21(23,24)25)1-3-17(14)29(18)12-13-5-7-26-8-6-13/h1-11H,12H2,(H,28,30). The number of amides is 1. The van der Waals surface area contributed by atoms with Crippen molar-refractivity contribution in [3.8, 4) is 0 Å². The Morgan fingerprint density at radius 3 is 2.50 bits per heavy atom. The minimum absolute atomic E-state index is 0.219. The highest BCUT2D eigenvalue weighted by Gasteiger charge is 2.31. The Labute approximate surface area is 174 Å². The number of fused-ring (bicyclic) bond motifs is 1. The lowest BCUT2D eigenvalue weighted by Gasteiger charge is -2.12. The summed E-state index contributed by atoms with van der Waals surface area (Å²) in [6, 6.07) is 11.5. The van der Waals surface area contributed by atoms with Gasteiger partial charge in [-0.1, -0.05) is 11.6 Å². The number of nitrogens with one attached hydrogen (secondary N) is 1. The number of carbonyl (C=O) groups excluding carboxylic acids is 1. The molecule has 4 rings (SSSR count). The van der Waals surface area contributed by atoms with E-state index in [4.69, 9.17) is 11.6 Å². The van der Waals surface area contributed by atoms with Gasteiger partial charge in [0, 0.05) is 29.8 Å². The molecule has 0 saturated heterocycles. The monoisotopic (exact) mass is 430 g/mol. The zero-order valence-electron chi connectivity index (χ0n) is 15.3. The molecule has 0 atom stereocenters. The largest absolute Gasteiger partial charge is 0.416 e. The number of hydrogen-bond donors (Lipinski definition) is 1. The summed E-state index contributed by atoms with van der Waals surface area (Å²) in [5, 5.41) is 3.30. The van der Waals surface area contributed by atoms with Crippen LogP contribution in [0.25, 0.3) is 10.9 Å². The Hall–Kier alpha value is -3.39. The Balaban J connectivity index is 1.78. The number of benzene rings is 1. The van der Waals surface area contributed by atoms with Gasteiger partial charge in [-0.3, -0.25) is 9.78 Å². The van der Waals surface area contributed by atoms with Gasteiger partial charge in [0.15, 0.2) is 0 Å². The third-order valence-electron chi connectivity index (χ3n) is 4.54. The number of carbonyl (C=O) groups is 1. The van der Waals surface area contributed by atoms with Crippen LogP contribution in [0, 0.1) is 0 Å². The summed E-state index contributed by atoms with van der Waals surface area (Å²) in [6.45, 7) is 0.291. The molecule has 3 aromatic heterocycles. The molecule has 3 heterocycles. The van der Waals surface area contributed by atoms with E-state index in [2.05, 4.69) is 15.3 Å². The van der Waals surface area contributed by atoms with Crippen molar-refractivity contribution in [2.45, 2.75) is 12.7 Å². The van der Waals surface area contributed by atoms with E-state index >= 15 is 0 Å². The van der Waals surface area contributed by atoms with Crippen LogP contribution in [0.2, 0.25) is 5.15 Å². The predicted molar refractivity (Wildman–Crippen MR) is 107 cm³/mol. The minimum Gasteiger partial charge on any atom is -0.332 e. The SMILES string of the molecule is O=C(Nc1ccc(Cl)nc1)c1cc2cc(C(F)(F)F)ccc2n1Cc1ccncc1. The van der Waals surface area contributed by atoms with Crippen LogP contribution >= 0.6 is 11.6 Å². The molecular weight excluding hydrogens is 417 g/mol. The van der Waals surface area contributed by atoms with Crippen molar-refractivity contribution in [1.29, 1.82) is 0 Å². The lowest BCUT2D eigenvalue weighted by molar-refractivity contribution is -0.137. The summed E-state index contributed by atoms with van der Waals surface area (Å²) in [5.74, 6) is -0.474. The lowest BCUT2D eigenvalue weighted by Crippen LogP contribution is -2.17. The van der Waals surface area contributed by atoms with Crippen molar-refractivity contribution in [2.24, 2.45) is 0 Å². The van der Waals surface area contributed by atoms with Crippen LogP contribution in [0.5, 0.6) is 0 Å². The molecular formula is C21H14ClF3N4O. The van der Waals surface area contributed by atoms with Crippen molar-refractivity contribution in [2.75, 3.05) is 5.32 Å². The average Bonchev–Trinajstić information content (AvgIpc) is 3.08. The van der Waals surface area contributed by atoms with Crippen LogP contribution in [0.1, 0.15) is 21.6 Å². The van der Waals surface area contributed by atoms with Crippen LogP contribution in [-0.2, 0) is 12.7 Å². The van der Waals surface area contributed by atoms with E-state index in [0.717, 1.165) is 17.7 Å². The van der Waals surface area contributed by atoms with E-state index < -0.39 is 17.6 Å². The molecule has 0 saturated carbocycles. The number of alkyl halides is 3. The summed E-state index contributed by atoms with van der Waals surface area (Å²) in [5.41, 5.74) is 1.23. The summed E-state index contributed by atoms with van der Waals surface area (Å²) < 4.78 is 41.1. The normalized spacial score (nSPS) is 11.6. The number of pyridine rings is 2. The van der Waals surface area contributed by atoms with Gasteiger partial charge in [-0.05, 0) is 54.1 Å². The van der Waals surface area contributed by atoms with Gasteiger partial charge < -0.3 is 9.88 Å². The maximum atomic E-state index is 13.1. The molecule has 152 valence electrons. The second kappa shape index (κ2) is 7.79.